The second-order valence-electron chi connectivity index (χ2n) is 3.73. The second kappa shape index (κ2) is 6.39. The fraction of sp³-hybridized carbons (Fsp3) is 0.545. The lowest BCUT2D eigenvalue weighted by Crippen LogP contribution is -2.38. The van der Waals surface area contributed by atoms with Crippen LogP contribution in [0.5, 0.6) is 0 Å². The third-order valence-electron chi connectivity index (χ3n) is 2.54. The average molecular weight is 258 g/mol. The molecule has 1 heterocycles. The first-order valence-corrected chi connectivity index (χ1v) is 5.96. The van der Waals surface area contributed by atoms with Gasteiger partial charge in [-0.05, 0) is 12.8 Å². The summed E-state index contributed by atoms with van der Waals surface area (Å²) < 4.78 is 1.24. The molecule has 0 aliphatic heterocycles. The Morgan fingerprint density at radius 2 is 2.18 bits per heavy atom. The van der Waals surface area contributed by atoms with Crippen LogP contribution in [0.4, 0.5) is 0 Å². The van der Waals surface area contributed by atoms with Crippen molar-refractivity contribution in [3.63, 3.8) is 0 Å². The summed E-state index contributed by atoms with van der Waals surface area (Å²) in [6.45, 7) is 3.98. The third kappa shape index (κ3) is 3.85. The monoisotopic (exact) mass is 257 g/mol. The van der Waals surface area contributed by atoms with Gasteiger partial charge in [-0.3, -0.25) is 9.59 Å². The summed E-state index contributed by atoms with van der Waals surface area (Å²) in [4.78, 5) is 26.8. The molecular formula is C11H16ClN3O2. The van der Waals surface area contributed by atoms with Crippen LogP contribution in [0.15, 0.2) is 17.2 Å². The van der Waals surface area contributed by atoms with Crippen molar-refractivity contribution in [1.82, 2.24) is 14.9 Å². The number of nitrogens with one attached hydrogen (secondary N) is 1. The normalized spacial score (nSPS) is 10.6. The molecule has 94 valence electrons. The molecule has 1 N–H and O–H groups in total. The maximum absolute atomic E-state index is 11.7. The molecular weight excluding hydrogens is 242 g/mol. The molecule has 0 fully saturated rings. The van der Waals surface area contributed by atoms with Gasteiger partial charge in [-0.25, -0.2) is 4.98 Å². The van der Waals surface area contributed by atoms with E-state index in [0.717, 1.165) is 12.8 Å². The highest BCUT2D eigenvalue weighted by atomic mass is 35.5. The molecule has 1 aromatic rings. The molecule has 17 heavy (non-hydrogen) atoms. The van der Waals surface area contributed by atoms with E-state index in [9.17, 15) is 9.59 Å². The minimum Gasteiger partial charge on any atom is -0.352 e. The standard InChI is InChI=1S/C11H16ClN3O2/c1-3-8(4-2)14-9(16)7-15-6-5-13-10(12)11(15)17/h5-6,8H,3-4,7H2,1-2H3,(H,14,16). The van der Waals surface area contributed by atoms with Crippen molar-refractivity contribution in [3.8, 4) is 0 Å². The fourth-order valence-corrected chi connectivity index (χ4v) is 1.63. The first kappa shape index (κ1) is 13.7. The first-order chi connectivity index (χ1) is 8.08. The van der Waals surface area contributed by atoms with Gasteiger partial charge in [0.15, 0.2) is 5.15 Å². The molecule has 0 spiro atoms. The summed E-state index contributed by atoms with van der Waals surface area (Å²) in [6, 6.07) is 0.149. The SMILES string of the molecule is CCC(CC)NC(=O)Cn1ccnc(Cl)c1=O. The van der Waals surface area contributed by atoms with E-state index in [1.807, 2.05) is 13.8 Å². The Morgan fingerprint density at radius 3 is 2.76 bits per heavy atom. The van der Waals surface area contributed by atoms with Gasteiger partial charge in [0, 0.05) is 18.4 Å². The predicted octanol–water partition coefficient (Wildman–Crippen LogP) is 1.20. The molecule has 0 saturated heterocycles. The van der Waals surface area contributed by atoms with Gasteiger partial charge in [-0.15, -0.1) is 0 Å². The number of nitrogens with zero attached hydrogens (tertiary/aromatic N) is 2. The Morgan fingerprint density at radius 1 is 1.53 bits per heavy atom. The number of hydrogen-bond donors (Lipinski definition) is 1. The molecule has 0 aliphatic rings. The van der Waals surface area contributed by atoms with E-state index in [2.05, 4.69) is 10.3 Å². The van der Waals surface area contributed by atoms with E-state index in [4.69, 9.17) is 11.6 Å². The van der Waals surface area contributed by atoms with Crippen LogP contribution in [0.1, 0.15) is 26.7 Å². The summed E-state index contributed by atoms with van der Waals surface area (Å²) in [6.07, 6.45) is 4.58. The molecule has 0 saturated carbocycles. The van der Waals surface area contributed by atoms with E-state index >= 15 is 0 Å². The highest BCUT2D eigenvalue weighted by molar-refractivity contribution is 6.29. The highest BCUT2D eigenvalue weighted by Gasteiger charge is 2.10. The molecule has 0 aliphatic carbocycles. The quantitative estimate of drug-likeness (QED) is 0.862. The zero-order chi connectivity index (χ0) is 12.8. The van der Waals surface area contributed by atoms with Crippen molar-refractivity contribution in [1.29, 1.82) is 0 Å². The van der Waals surface area contributed by atoms with E-state index in [-0.39, 0.29) is 23.6 Å². The van der Waals surface area contributed by atoms with Gasteiger partial charge in [-0.1, -0.05) is 25.4 Å². The van der Waals surface area contributed by atoms with E-state index in [1.54, 1.807) is 0 Å². The molecule has 1 rings (SSSR count). The number of carbonyl (C=O) groups excluding carboxylic acids is 1. The van der Waals surface area contributed by atoms with E-state index in [1.165, 1.54) is 17.0 Å². The van der Waals surface area contributed by atoms with Crippen molar-refractivity contribution < 1.29 is 4.79 Å². The molecule has 6 heteroatoms. The van der Waals surface area contributed by atoms with E-state index in [0.29, 0.717) is 0 Å². The lowest BCUT2D eigenvalue weighted by molar-refractivity contribution is -0.122. The predicted molar refractivity (Wildman–Crippen MR) is 66.0 cm³/mol. The highest BCUT2D eigenvalue weighted by Crippen LogP contribution is 1.97. The van der Waals surface area contributed by atoms with Crippen LogP contribution in [0.2, 0.25) is 5.15 Å². The molecule has 0 radical (unpaired) electrons. The summed E-state index contributed by atoms with van der Waals surface area (Å²) in [5.74, 6) is -0.192. The summed E-state index contributed by atoms with van der Waals surface area (Å²) >= 11 is 5.58. The molecule has 0 atom stereocenters. The lowest BCUT2D eigenvalue weighted by Gasteiger charge is -2.15. The van der Waals surface area contributed by atoms with Crippen LogP contribution in [0, 0.1) is 0 Å². The minimum absolute atomic E-state index is 0.0302. The molecule has 0 aromatic carbocycles. The van der Waals surface area contributed by atoms with Gasteiger partial charge in [0.1, 0.15) is 6.54 Å². The van der Waals surface area contributed by atoms with Gasteiger partial charge in [-0.2, -0.15) is 0 Å². The number of amides is 1. The van der Waals surface area contributed by atoms with Gasteiger partial charge in [0.2, 0.25) is 5.91 Å². The number of halogens is 1. The number of carbonyl (C=O) groups is 1. The van der Waals surface area contributed by atoms with Gasteiger partial charge in [0.05, 0.1) is 0 Å². The third-order valence-corrected chi connectivity index (χ3v) is 2.80. The average Bonchev–Trinajstić information content (AvgIpc) is 2.32. The van der Waals surface area contributed by atoms with Crippen molar-refractivity contribution >= 4 is 17.5 Å². The molecule has 0 unspecified atom stereocenters. The Balaban J connectivity index is 2.68. The van der Waals surface area contributed by atoms with Crippen molar-refractivity contribution in [2.24, 2.45) is 0 Å². The number of aromatic nitrogens is 2. The molecule has 1 aromatic heterocycles. The summed E-state index contributed by atoms with van der Waals surface area (Å²) in [5.41, 5.74) is -0.450. The first-order valence-electron chi connectivity index (χ1n) is 5.58. The van der Waals surface area contributed by atoms with Crippen LogP contribution >= 0.6 is 11.6 Å². The second-order valence-corrected chi connectivity index (χ2v) is 4.09. The number of hydrogen-bond acceptors (Lipinski definition) is 3. The Labute approximate surface area is 105 Å². The Kier molecular flexibility index (Phi) is 5.15. The summed E-state index contributed by atoms with van der Waals surface area (Å²) in [7, 11) is 0. The fourth-order valence-electron chi connectivity index (χ4n) is 1.47. The summed E-state index contributed by atoms with van der Waals surface area (Å²) in [5, 5.41) is 2.73. The Bertz CT molecular complexity index is 441. The number of rotatable bonds is 5. The van der Waals surface area contributed by atoms with Crippen molar-refractivity contribution in [2.75, 3.05) is 0 Å². The lowest BCUT2D eigenvalue weighted by atomic mass is 10.2. The maximum Gasteiger partial charge on any atom is 0.288 e. The van der Waals surface area contributed by atoms with Gasteiger partial charge < -0.3 is 9.88 Å². The van der Waals surface area contributed by atoms with E-state index < -0.39 is 5.56 Å². The largest absolute Gasteiger partial charge is 0.352 e. The van der Waals surface area contributed by atoms with Gasteiger partial charge in [0.25, 0.3) is 5.56 Å². The van der Waals surface area contributed by atoms with Crippen molar-refractivity contribution in [2.45, 2.75) is 39.3 Å². The van der Waals surface area contributed by atoms with Crippen LogP contribution in [0.25, 0.3) is 0 Å². The van der Waals surface area contributed by atoms with Crippen LogP contribution in [-0.4, -0.2) is 21.5 Å². The zero-order valence-electron chi connectivity index (χ0n) is 9.94. The zero-order valence-corrected chi connectivity index (χ0v) is 10.7. The van der Waals surface area contributed by atoms with Crippen LogP contribution in [-0.2, 0) is 11.3 Å². The smallest absolute Gasteiger partial charge is 0.288 e. The molecule has 1 amide bonds. The minimum atomic E-state index is -0.450. The van der Waals surface area contributed by atoms with Crippen LogP contribution < -0.4 is 10.9 Å². The topological polar surface area (TPSA) is 64.0 Å². The molecule has 5 nitrogen and oxygen atoms in total. The Hall–Kier alpha value is -1.36. The van der Waals surface area contributed by atoms with Crippen molar-refractivity contribution in [3.05, 3.63) is 27.9 Å². The molecule has 0 bridgehead atoms. The van der Waals surface area contributed by atoms with Crippen LogP contribution in [0.3, 0.4) is 0 Å². The maximum atomic E-state index is 11.7. The van der Waals surface area contributed by atoms with Gasteiger partial charge >= 0.3 is 0 Å².